The van der Waals surface area contributed by atoms with Crippen molar-refractivity contribution in [1.29, 1.82) is 0 Å². The largest absolute Gasteiger partial charge is 0.481 e. The van der Waals surface area contributed by atoms with E-state index in [1.807, 2.05) is 0 Å². The predicted octanol–water partition coefficient (Wildman–Crippen LogP) is 1.11. The molecule has 4 aliphatic rings. The first kappa shape index (κ1) is 13.3. The lowest BCUT2D eigenvalue weighted by atomic mass is 9.60. The standard InChI is InChI=1S/C12H18O6S/c1-19(15,16)18-12-5-8-2-9(6-12)4-11(3-8,17-12)7-10(13)14/h8-9H,2-7H2,1H3,(H,13,14). The summed E-state index contributed by atoms with van der Waals surface area (Å²) >= 11 is 0. The van der Waals surface area contributed by atoms with E-state index in [1.165, 1.54) is 0 Å². The van der Waals surface area contributed by atoms with Gasteiger partial charge in [0, 0.05) is 12.8 Å². The summed E-state index contributed by atoms with van der Waals surface area (Å²) in [6, 6.07) is 0. The van der Waals surface area contributed by atoms with Crippen LogP contribution in [0.1, 0.15) is 38.5 Å². The first-order chi connectivity index (χ1) is 8.69. The zero-order valence-corrected chi connectivity index (χ0v) is 11.6. The van der Waals surface area contributed by atoms with E-state index in [1.54, 1.807) is 0 Å². The van der Waals surface area contributed by atoms with E-state index in [2.05, 4.69) is 0 Å². The molecule has 0 aromatic carbocycles. The van der Waals surface area contributed by atoms with Crippen LogP contribution in [0.5, 0.6) is 0 Å². The summed E-state index contributed by atoms with van der Waals surface area (Å²) in [5.41, 5.74) is -0.736. The van der Waals surface area contributed by atoms with Crippen molar-refractivity contribution >= 4 is 16.1 Å². The van der Waals surface area contributed by atoms with E-state index < -0.39 is 27.5 Å². The SMILES string of the molecule is CS(=O)(=O)OC12CC3CC(CC(CC(=O)O)(C3)O1)C2. The van der Waals surface area contributed by atoms with E-state index >= 15 is 0 Å². The molecule has 2 heterocycles. The average molecular weight is 290 g/mol. The van der Waals surface area contributed by atoms with Gasteiger partial charge in [0.25, 0.3) is 10.1 Å². The van der Waals surface area contributed by atoms with Crippen molar-refractivity contribution in [2.24, 2.45) is 11.8 Å². The molecule has 2 aliphatic heterocycles. The molecular weight excluding hydrogens is 272 g/mol. The van der Waals surface area contributed by atoms with Gasteiger partial charge in [0.1, 0.15) is 0 Å². The fourth-order valence-electron chi connectivity index (χ4n) is 4.43. The highest BCUT2D eigenvalue weighted by Crippen LogP contribution is 2.59. The average Bonchev–Trinajstić information content (AvgIpc) is 2.06. The number of ether oxygens (including phenoxy) is 1. The molecule has 2 saturated carbocycles. The van der Waals surface area contributed by atoms with Crippen LogP contribution in [0.15, 0.2) is 0 Å². The minimum absolute atomic E-state index is 0.0745. The van der Waals surface area contributed by atoms with Crippen molar-refractivity contribution in [3.05, 3.63) is 0 Å². The Morgan fingerprint density at radius 2 is 1.89 bits per heavy atom. The summed E-state index contributed by atoms with van der Waals surface area (Å²) in [6.07, 6.45) is 4.47. The van der Waals surface area contributed by atoms with Crippen molar-refractivity contribution < 1.29 is 27.2 Å². The van der Waals surface area contributed by atoms with Crippen LogP contribution in [-0.4, -0.2) is 37.1 Å². The molecule has 4 bridgehead atoms. The molecule has 2 atom stereocenters. The van der Waals surface area contributed by atoms with Gasteiger partial charge in [-0.3, -0.25) is 4.79 Å². The van der Waals surface area contributed by atoms with E-state index in [4.69, 9.17) is 14.0 Å². The molecule has 4 fully saturated rings. The van der Waals surface area contributed by atoms with Crippen molar-refractivity contribution in [2.45, 2.75) is 49.9 Å². The molecule has 0 amide bonds. The fourth-order valence-corrected chi connectivity index (χ4v) is 5.15. The summed E-state index contributed by atoms with van der Waals surface area (Å²) in [6.45, 7) is 0. The van der Waals surface area contributed by atoms with Gasteiger partial charge in [0.2, 0.25) is 0 Å². The number of carboxylic acid groups (broad SMARTS) is 1. The molecule has 0 spiro atoms. The van der Waals surface area contributed by atoms with Crippen LogP contribution in [0, 0.1) is 11.8 Å². The lowest BCUT2D eigenvalue weighted by Crippen LogP contribution is -2.63. The number of hydrogen-bond acceptors (Lipinski definition) is 5. The van der Waals surface area contributed by atoms with E-state index in [0.717, 1.165) is 12.7 Å². The van der Waals surface area contributed by atoms with E-state index in [9.17, 15) is 13.2 Å². The maximum atomic E-state index is 11.4. The first-order valence-corrected chi connectivity index (χ1v) is 8.34. The highest BCUT2D eigenvalue weighted by atomic mass is 32.2. The molecule has 2 aliphatic carbocycles. The van der Waals surface area contributed by atoms with E-state index in [-0.39, 0.29) is 6.42 Å². The summed E-state index contributed by atoms with van der Waals surface area (Å²) in [4.78, 5) is 11.0. The molecule has 0 radical (unpaired) electrons. The molecule has 6 nitrogen and oxygen atoms in total. The smallest absolute Gasteiger partial charge is 0.306 e. The Labute approximate surface area is 112 Å². The molecule has 1 N–H and O–H groups in total. The number of hydrogen-bond donors (Lipinski definition) is 1. The van der Waals surface area contributed by atoms with Crippen molar-refractivity contribution in [3.63, 3.8) is 0 Å². The number of rotatable bonds is 4. The summed E-state index contributed by atoms with van der Waals surface area (Å²) < 4.78 is 34.0. The second-order valence-electron chi connectivity index (χ2n) is 6.34. The quantitative estimate of drug-likeness (QED) is 0.780. The molecular formula is C12H18O6S. The van der Waals surface area contributed by atoms with Crippen LogP contribution in [-0.2, 0) is 23.8 Å². The number of carboxylic acids is 1. The molecule has 0 aromatic rings. The third-order valence-electron chi connectivity index (χ3n) is 4.37. The van der Waals surface area contributed by atoms with Gasteiger partial charge in [0.15, 0.2) is 5.79 Å². The van der Waals surface area contributed by atoms with Gasteiger partial charge in [-0.25, -0.2) is 4.18 Å². The highest BCUT2D eigenvalue weighted by molar-refractivity contribution is 7.86. The molecule has 2 saturated heterocycles. The Kier molecular flexibility index (Phi) is 2.75. The van der Waals surface area contributed by atoms with Gasteiger partial charge >= 0.3 is 5.97 Å². The zero-order valence-electron chi connectivity index (χ0n) is 10.8. The van der Waals surface area contributed by atoms with Crippen LogP contribution < -0.4 is 0 Å². The van der Waals surface area contributed by atoms with Crippen LogP contribution >= 0.6 is 0 Å². The van der Waals surface area contributed by atoms with Crippen molar-refractivity contribution in [1.82, 2.24) is 0 Å². The minimum atomic E-state index is -3.61. The number of carbonyl (C=O) groups is 1. The predicted molar refractivity (Wildman–Crippen MR) is 64.8 cm³/mol. The third-order valence-corrected chi connectivity index (χ3v) is 4.97. The van der Waals surface area contributed by atoms with E-state index in [0.29, 0.717) is 37.5 Å². The van der Waals surface area contributed by atoms with Gasteiger partial charge < -0.3 is 9.84 Å². The van der Waals surface area contributed by atoms with Crippen molar-refractivity contribution in [2.75, 3.05) is 6.26 Å². The third kappa shape index (κ3) is 2.51. The Morgan fingerprint density at radius 3 is 2.37 bits per heavy atom. The molecule has 0 aromatic heterocycles. The first-order valence-electron chi connectivity index (χ1n) is 6.52. The Morgan fingerprint density at radius 1 is 1.32 bits per heavy atom. The van der Waals surface area contributed by atoms with Gasteiger partial charge in [-0.05, 0) is 31.1 Å². The molecule has 7 heteroatoms. The second kappa shape index (κ2) is 3.93. The van der Waals surface area contributed by atoms with Crippen LogP contribution in [0.2, 0.25) is 0 Å². The lowest BCUT2D eigenvalue weighted by Gasteiger charge is -2.60. The topological polar surface area (TPSA) is 89.9 Å². The molecule has 4 rings (SSSR count). The summed E-state index contributed by atoms with van der Waals surface area (Å²) in [7, 11) is -3.61. The fraction of sp³-hybridized carbons (Fsp3) is 0.917. The molecule has 19 heavy (non-hydrogen) atoms. The minimum Gasteiger partial charge on any atom is -0.481 e. The summed E-state index contributed by atoms with van der Waals surface area (Å²) in [5.74, 6) is -1.41. The van der Waals surface area contributed by atoms with Crippen LogP contribution in [0.3, 0.4) is 0 Å². The normalized spacial score (nSPS) is 44.5. The molecule has 108 valence electrons. The zero-order chi connectivity index (χ0) is 13.9. The summed E-state index contributed by atoms with van der Waals surface area (Å²) in [5, 5.41) is 9.05. The van der Waals surface area contributed by atoms with Gasteiger partial charge in [-0.15, -0.1) is 0 Å². The van der Waals surface area contributed by atoms with Crippen molar-refractivity contribution in [3.8, 4) is 0 Å². The maximum Gasteiger partial charge on any atom is 0.306 e. The Balaban J connectivity index is 1.90. The Hall–Kier alpha value is -0.660. The van der Waals surface area contributed by atoms with Gasteiger partial charge in [-0.1, -0.05) is 0 Å². The maximum absolute atomic E-state index is 11.4. The van der Waals surface area contributed by atoms with Gasteiger partial charge in [0.05, 0.1) is 18.3 Å². The van der Waals surface area contributed by atoms with Crippen LogP contribution in [0.4, 0.5) is 0 Å². The number of aliphatic carboxylic acids is 1. The van der Waals surface area contributed by atoms with Gasteiger partial charge in [-0.2, -0.15) is 8.42 Å². The highest BCUT2D eigenvalue weighted by Gasteiger charge is 2.61. The van der Waals surface area contributed by atoms with Crippen LogP contribution in [0.25, 0.3) is 0 Å². The second-order valence-corrected chi connectivity index (χ2v) is 7.91. The molecule has 2 unspecified atom stereocenters. The Bertz CT molecular complexity index is 496. The lowest BCUT2D eigenvalue weighted by molar-refractivity contribution is -0.341. The monoisotopic (exact) mass is 290 g/mol.